The summed E-state index contributed by atoms with van der Waals surface area (Å²) in [5.41, 5.74) is 2.78. The average Bonchev–Trinajstić information content (AvgIpc) is 2.82. The molecule has 0 saturated carbocycles. The van der Waals surface area contributed by atoms with E-state index >= 15 is 0 Å². The van der Waals surface area contributed by atoms with Gasteiger partial charge in [-0.25, -0.2) is 4.79 Å². The maximum atomic E-state index is 12.5. The highest BCUT2D eigenvalue weighted by molar-refractivity contribution is 7.17. The van der Waals surface area contributed by atoms with Gasteiger partial charge in [-0.1, -0.05) is 26.3 Å². The first-order valence-electron chi connectivity index (χ1n) is 8.91. The van der Waals surface area contributed by atoms with Crippen molar-refractivity contribution < 1.29 is 14.3 Å². The zero-order valence-electron chi connectivity index (χ0n) is 16.1. The fraction of sp³-hybridized carbons (Fsp3) is 0.600. The van der Waals surface area contributed by atoms with Gasteiger partial charge in [0.1, 0.15) is 5.00 Å². The molecule has 0 aromatic carbocycles. The fourth-order valence-electron chi connectivity index (χ4n) is 3.24. The minimum absolute atomic E-state index is 0.198. The van der Waals surface area contributed by atoms with Crippen molar-refractivity contribution in [2.45, 2.75) is 60.8 Å². The molecular weight excluding hydrogens is 334 g/mol. The third kappa shape index (κ3) is 4.72. The molecule has 5 heteroatoms. The van der Waals surface area contributed by atoms with Crippen molar-refractivity contribution in [1.82, 2.24) is 0 Å². The number of hydrogen-bond acceptors (Lipinski definition) is 4. The predicted octanol–water partition coefficient (Wildman–Crippen LogP) is 4.98. The molecule has 1 atom stereocenters. The summed E-state index contributed by atoms with van der Waals surface area (Å²) in [6.07, 6.45) is 4.42. The van der Waals surface area contributed by atoms with Crippen LogP contribution < -0.4 is 5.32 Å². The number of hydrogen-bond donors (Lipinski definition) is 1. The SMILES string of the molecule is CCOC(=O)c1c(NC(=O)C=C(C)C)sc2c1CCC(C(C)(C)C)C2. The normalized spacial score (nSPS) is 16.8. The van der Waals surface area contributed by atoms with Crippen molar-refractivity contribution >= 4 is 28.2 Å². The van der Waals surface area contributed by atoms with Crippen LogP contribution in [0.3, 0.4) is 0 Å². The van der Waals surface area contributed by atoms with E-state index in [1.54, 1.807) is 13.0 Å². The number of thiophene rings is 1. The van der Waals surface area contributed by atoms with Crippen molar-refractivity contribution in [2.24, 2.45) is 11.3 Å². The molecule has 1 aromatic heterocycles. The van der Waals surface area contributed by atoms with Crippen molar-refractivity contribution in [3.8, 4) is 0 Å². The number of carbonyl (C=O) groups is 2. The molecule has 1 amide bonds. The summed E-state index contributed by atoms with van der Waals surface area (Å²) in [5, 5.41) is 3.52. The second kappa shape index (κ2) is 7.73. The van der Waals surface area contributed by atoms with Crippen molar-refractivity contribution in [3.63, 3.8) is 0 Å². The van der Waals surface area contributed by atoms with Gasteiger partial charge in [0.25, 0.3) is 0 Å². The van der Waals surface area contributed by atoms with E-state index in [4.69, 9.17) is 4.74 Å². The number of esters is 1. The van der Waals surface area contributed by atoms with E-state index in [0.29, 0.717) is 23.1 Å². The van der Waals surface area contributed by atoms with E-state index in [9.17, 15) is 9.59 Å². The zero-order valence-corrected chi connectivity index (χ0v) is 16.9. The van der Waals surface area contributed by atoms with Gasteiger partial charge in [-0.2, -0.15) is 0 Å². The summed E-state index contributed by atoms with van der Waals surface area (Å²) in [7, 11) is 0. The van der Waals surface area contributed by atoms with Crippen molar-refractivity contribution in [1.29, 1.82) is 0 Å². The first-order valence-corrected chi connectivity index (χ1v) is 9.72. The molecule has 1 N–H and O–H groups in total. The molecule has 0 spiro atoms. The smallest absolute Gasteiger partial charge is 0.341 e. The Morgan fingerprint density at radius 2 is 2.00 bits per heavy atom. The topological polar surface area (TPSA) is 55.4 Å². The molecule has 1 unspecified atom stereocenters. The monoisotopic (exact) mass is 363 g/mol. The van der Waals surface area contributed by atoms with Gasteiger partial charge < -0.3 is 10.1 Å². The number of rotatable bonds is 4. The van der Waals surface area contributed by atoms with Crippen LogP contribution in [0, 0.1) is 11.3 Å². The van der Waals surface area contributed by atoms with Crippen LogP contribution in [0.25, 0.3) is 0 Å². The van der Waals surface area contributed by atoms with E-state index in [2.05, 4.69) is 26.1 Å². The molecule has 25 heavy (non-hydrogen) atoms. The molecule has 1 aromatic rings. The lowest BCUT2D eigenvalue weighted by atomic mass is 9.72. The summed E-state index contributed by atoms with van der Waals surface area (Å²) >= 11 is 1.53. The Balaban J connectivity index is 2.39. The molecule has 1 aliphatic rings. The predicted molar refractivity (Wildman–Crippen MR) is 103 cm³/mol. The Labute approximate surface area is 154 Å². The second-order valence-corrected chi connectivity index (χ2v) is 9.05. The van der Waals surface area contributed by atoms with Crippen LogP contribution in [-0.2, 0) is 22.4 Å². The van der Waals surface area contributed by atoms with Gasteiger partial charge in [-0.05, 0) is 56.9 Å². The van der Waals surface area contributed by atoms with Crippen LogP contribution in [0.5, 0.6) is 0 Å². The third-order valence-electron chi connectivity index (χ3n) is 4.63. The van der Waals surface area contributed by atoms with Gasteiger partial charge in [0, 0.05) is 11.0 Å². The molecule has 2 rings (SSSR count). The Kier molecular flexibility index (Phi) is 6.09. The number of nitrogens with one attached hydrogen (secondary N) is 1. The minimum atomic E-state index is -0.332. The Bertz CT molecular complexity index is 691. The number of ether oxygens (including phenoxy) is 1. The van der Waals surface area contributed by atoms with Gasteiger partial charge in [0.15, 0.2) is 0 Å². The highest BCUT2D eigenvalue weighted by Gasteiger charge is 2.34. The molecule has 138 valence electrons. The van der Waals surface area contributed by atoms with Gasteiger partial charge >= 0.3 is 5.97 Å². The largest absolute Gasteiger partial charge is 0.462 e. The maximum absolute atomic E-state index is 12.5. The third-order valence-corrected chi connectivity index (χ3v) is 5.80. The summed E-state index contributed by atoms with van der Waals surface area (Å²) < 4.78 is 5.25. The van der Waals surface area contributed by atoms with Crippen LogP contribution in [0.1, 0.15) is 68.8 Å². The van der Waals surface area contributed by atoms with E-state index in [-0.39, 0.29) is 17.3 Å². The highest BCUT2D eigenvalue weighted by Crippen LogP contribution is 2.44. The number of anilines is 1. The molecule has 0 aliphatic heterocycles. The number of amides is 1. The van der Waals surface area contributed by atoms with E-state index in [1.807, 2.05) is 13.8 Å². The summed E-state index contributed by atoms with van der Waals surface area (Å²) in [5.74, 6) is 0.0493. The molecule has 0 saturated heterocycles. The highest BCUT2D eigenvalue weighted by atomic mass is 32.1. The number of fused-ring (bicyclic) bond motifs is 1. The van der Waals surface area contributed by atoms with E-state index in [1.165, 1.54) is 16.2 Å². The molecular formula is C20H29NO3S. The van der Waals surface area contributed by atoms with Crippen LogP contribution in [0.2, 0.25) is 0 Å². The number of allylic oxidation sites excluding steroid dienone is 1. The van der Waals surface area contributed by atoms with Crippen LogP contribution in [0.4, 0.5) is 5.00 Å². The van der Waals surface area contributed by atoms with Crippen LogP contribution >= 0.6 is 11.3 Å². The fourth-order valence-corrected chi connectivity index (χ4v) is 4.56. The van der Waals surface area contributed by atoms with Crippen molar-refractivity contribution in [3.05, 3.63) is 27.7 Å². The minimum Gasteiger partial charge on any atom is -0.462 e. The lowest BCUT2D eigenvalue weighted by molar-refractivity contribution is -0.111. The lowest BCUT2D eigenvalue weighted by Crippen LogP contribution is -2.26. The first kappa shape index (κ1) is 19.7. The lowest BCUT2D eigenvalue weighted by Gasteiger charge is -2.33. The standard InChI is InChI=1S/C20H29NO3S/c1-7-24-19(23)17-14-9-8-13(20(4,5)6)11-15(14)25-18(17)21-16(22)10-12(2)3/h10,13H,7-9,11H2,1-6H3,(H,21,22). The van der Waals surface area contributed by atoms with Gasteiger partial charge in [-0.3, -0.25) is 4.79 Å². The molecule has 0 bridgehead atoms. The van der Waals surface area contributed by atoms with E-state index in [0.717, 1.165) is 30.4 Å². The average molecular weight is 364 g/mol. The van der Waals surface area contributed by atoms with E-state index < -0.39 is 0 Å². The van der Waals surface area contributed by atoms with Gasteiger partial charge in [0.2, 0.25) is 5.91 Å². The van der Waals surface area contributed by atoms with Gasteiger partial charge in [0.05, 0.1) is 12.2 Å². The quantitative estimate of drug-likeness (QED) is 0.606. The molecule has 0 radical (unpaired) electrons. The van der Waals surface area contributed by atoms with Gasteiger partial charge in [-0.15, -0.1) is 11.3 Å². The van der Waals surface area contributed by atoms with Crippen molar-refractivity contribution in [2.75, 3.05) is 11.9 Å². The molecule has 4 nitrogen and oxygen atoms in total. The Morgan fingerprint density at radius 1 is 1.32 bits per heavy atom. The number of carbonyl (C=O) groups excluding carboxylic acids is 2. The Hall–Kier alpha value is -1.62. The molecule has 1 aliphatic carbocycles. The van der Waals surface area contributed by atoms with Crippen LogP contribution in [-0.4, -0.2) is 18.5 Å². The maximum Gasteiger partial charge on any atom is 0.341 e. The molecule has 1 heterocycles. The zero-order chi connectivity index (χ0) is 18.8. The first-order chi connectivity index (χ1) is 11.6. The molecule has 0 fully saturated rings. The second-order valence-electron chi connectivity index (χ2n) is 7.95. The summed E-state index contributed by atoms with van der Waals surface area (Å²) in [6.45, 7) is 12.7. The Morgan fingerprint density at radius 3 is 2.56 bits per heavy atom. The summed E-state index contributed by atoms with van der Waals surface area (Å²) in [4.78, 5) is 25.9. The summed E-state index contributed by atoms with van der Waals surface area (Å²) in [6, 6.07) is 0. The van der Waals surface area contributed by atoms with Crippen LogP contribution in [0.15, 0.2) is 11.6 Å².